The predicted octanol–water partition coefficient (Wildman–Crippen LogP) is 1.64. The molecule has 6 nitrogen and oxygen atoms in total. The number of sulfonamides is 1. The second-order valence-electron chi connectivity index (χ2n) is 2.85. The molecule has 0 fully saturated rings. The molecule has 0 amide bonds. The first-order valence-corrected chi connectivity index (χ1v) is 7.17. The Morgan fingerprint density at radius 1 is 1.41 bits per heavy atom. The Balaban J connectivity index is 2.35. The summed E-state index contributed by atoms with van der Waals surface area (Å²) in [7, 11) is -3.87. The second-order valence-corrected chi connectivity index (χ2v) is 6.12. The monoisotopic (exact) mass is 338 g/mol. The summed E-state index contributed by atoms with van der Waals surface area (Å²) in [5, 5.41) is 6.69. The lowest BCUT2D eigenvalue weighted by Gasteiger charge is -2.04. The van der Waals surface area contributed by atoms with Crippen LogP contribution in [0.2, 0.25) is 0 Å². The number of nitrogens with zero attached hydrogens (tertiary/aromatic N) is 3. The summed E-state index contributed by atoms with van der Waals surface area (Å²) in [4.78, 5) is -0.201. The van der Waals surface area contributed by atoms with E-state index in [0.717, 1.165) is 17.6 Å². The van der Waals surface area contributed by atoms with E-state index in [1.807, 2.05) is 0 Å². The maximum atomic E-state index is 13.2. The van der Waals surface area contributed by atoms with Crippen molar-refractivity contribution in [2.24, 2.45) is 0 Å². The molecule has 0 aliphatic heterocycles. The molecule has 0 aliphatic rings. The van der Waals surface area contributed by atoms with Crippen LogP contribution in [0.25, 0.3) is 0 Å². The van der Waals surface area contributed by atoms with E-state index in [2.05, 4.69) is 35.5 Å². The van der Waals surface area contributed by atoms with Crippen LogP contribution < -0.4 is 4.72 Å². The van der Waals surface area contributed by atoms with E-state index in [4.69, 9.17) is 0 Å². The highest BCUT2D eigenvalue weighted by Gasteiger charge is 2.17. The van der Waals surface area contributed by atoms with Crippen molar-refractivity contribution in [3.05, 3.63) is 28.5 Å². The molecule has 1 aromatic heterocycles. The van der Waals surface area contributed by atoms with Crippen LogP contribution in [-0.4, -0.2) is 23.2 Å². The third-order valence-corrected chi connectivity index (χ3v) is 4.34. The molecule has 90 valence electrons. The van der Waals surface area contributed by atoms with Gasteiger partial charge in [0.25, 0.3) is 10.0 Å². The Labute approximate surface area is 108 Å². The Morgan fingerprint density at radius 3 is 2.76 bits per heavy atom. The number of nitrogens with one attached hydrogen (secondary N) is 1. The van der Waals surface area contributed by atoms with Gasteiger partial charge in [-0.15, -0.1) is 0 Å². The number of hydrogen-bond donors (Lipinski definition) is 1. The van der Waals surface area contributed by atoms with Gasteiger partial charge in [0.1, 0.15) is 5.82 Å². The first-order valence-electron chi connectivity index (χ1n) is 4.12. The molecular weight excluding hydrogens is 335 g/mol. The van der Waals surface area contributed by atoms with Crippen molar-refractivity contribution in [1.82, 2.24) is 14.8 Å². The largest absolute Gasteiger partial charge is 0.263 e. The molecular formula is C7H4BrFN4O2S2. The van der Waals surface area contributed by atoms with Crippen LogP contribution in [0.1, 0.15) is 0 Å². The second kappa shape index (κ2) is 4.63. The van der Waals surface area contributed by atoms with E-state index < -0.39 is 15.8 Å². The van der Waals surface area contributed by atoms with Gasteiger partial charge in [0.05, 0.1) is 9.37 Å². The number of aromatic nitrogens is 3. The van der Waals surface area contributed by atoms with Crippen LogP contribution in [0.4, 0.5) is 9.52 Å². The zero-order chi connectivity index (χ0) is 12.5. The predicted molar refractivity (Wildman–Crippen MR) is 62.6 cm³/mol. The minimum atomic E-state index is -3.87. The highest BCUT2D eigenvalue weighted by Crippen LogP contribution is 2.21. The zero-order valence-electron chi connectivity index (χ0n) is 7.96. The number of halogens is 2. The first kappa shape index (κ1) is 12.3. The lowest BCUT2D eigenvalue weighted by Crippen LogP contribution is -2.13. The maximum absolute atomic E-state index is 13.2. The summed E-state index contributed by atoms with van der Waals surface area (Å²) in [5.74, 6) is -0.664. The molecule has 10 heteroatoms. The summed E-state index contributed by atoms with van der Waals surface area (Å²) in [5.41, 5.74) is 0. The van der Waals surface area contributed by atoms with E-state index in [-0.39, 0.29) is 14.5 Å². The van der Waals surface area contributed by atoms with E-state index in [1.54, 1.807) is 0 Å². The van der Waals surface area contributed by atoms with Gasteiger partial charge in [0.15, 0.2) is 0 Å². The molecule has 1 N–H and O–H groups in total. The van der Waals surface area contributed by atoms with Crippen molar-refractivity contribution in [2.45, 2.75) is 4.90 Å². The van der Waals surface area contributed by atoms with Gasteiger partial charge in [-0.1, -0.05) is 9.59 Å². The van der Waals surface area contributed by atoms with Gasteiger partial charge in [-0.25, -0.2) is 12.8 Å². The van der Waals surface area contributed by atoms with Gasteiger partial charge in [-0.05, 0) is 39.3 Å². The molecule has 0 spiro atoms. The molecule has 0 saturated carbocycles. The number of rotatable bonds is 3. The van der Waals surface area contributed by atoms with Gasteiger partial charge in [0, 0.05) is 11.5 Å². The van der Waals surface area contributed by atoms with Crippen LogP contribution in [0, 0.1) is 5.82 Å². The van der Waals surface area contributed by atoms with Crippen molar-refractivity contribution in [1.29, 1.82) is 0 Å². The first-order chi connectivity index (χ1) is 7.99. The standard InChI is InChI=1S/C7H4BrFN4O2S2/c8-5-2-1-4(3-6(5)9)17(14,15)11-7-10-12-13-16-7/h1-3H,(H,10,11,13). The van der Waals surface area contributed by atoms with Crippen LogP contribution in [0.3, 0.4) is 0 Å². The minimum Gasteiger partial charge on any atom is -0.252 e. The molecule has 17 heavy (non-hydrogen) atoms. The Hall–Kier alpha value is -1.13. The number of benzene rings is 1. The van der Waals surface area contributed by atoms with E-state index in [1.165, 1.54) is 12.1 Å². The normalized spacial score (nSPS) is 11.4. The molecule has 0 bridgehead atoms. The lowest BCUT2D eigenvalue weighted by atomic mass is 10.3. The van der Waals surface area contributed by atoms with Gasteiger partial charge < -0.3 is 0 Å². The zero-order valence-corrected chi connectivity index (χ0v) is 11.2. The topological polar surface area (TPSA) is 84.8 Å². The molecule has 0 radical (unpaired) electrons. The highest BCUT2D eigenvalue weighted by atomic mass is 79.9. The SMILES string of the molecule is O=S(=O)(Nc1nnns1)c1ccc(Br)c(F)c1. The summed E-state index contributed by atoms with van der Waals surface area (Å²) in [6.45, 7) is 0. The quantitative estimate of drug-likeness (QED) is 0.919. The summed E-state index contributed by atoms with van der Waals surface area (Å²) in [6.07, 6.45) is 0. The van der Waals surface area contributed by atoms with Crippen molar-refractivity contribution >= 4 is 42.6 Å². The third kappa shape index (κ3) is 2.76. The molecule has 0 aliphatic carbocycles. The van der Waals surface area contributed by atoms with Gasteiger partial charge >= 0.3 is 0 Å². The number of hydrogen-bond acceptors (Lipinski definition) is 6. The fourth-order valence-electron chi connectivity index (χ4n) is 0.991. The van der Waals surface area contributed by atoms with Gasteiger partial charge in [-0.3, -0.25) is 4.72 Å². The lowest BCUT2D eigenvalue weighted by molar-refractivity contribution is 0.593. The van der Waals surface area contributed by atoms with E-state index in [9.17, 15) is 12.8 Å². The van der Waals surface area contributed by atoms with Crippen molar-refractivity contribution in [2.75, 3.05) is 4.72 Å². The Kier molecular flexibility index (Phi) is 3.35. The minimum absolute atomic E-state index is 0.0216. The van der Waals surface area contributed by atoms with Crippen LogP contribution in [0.15, 0.2) is 27.6 Å². The van der Waals surface area contributed by atoms with Crippen molar-refractivity contribution < 1.29 is 12.8 Å². The molecule has 1 heterocycles. The van der Waals surface area contributed by atoms with E-state index in [0.29, 0.717) is 0 Å². The molecule has 0 atom stereocenters. The van der Waals surface area contributed by atoms with Crippen LogP contribution in [-0.2, 0) is 10.0 Å². The average molecular weight is 339 g/mol. The average Bonchev–Trinajstić information content (AvgIpc) is 2.73. The summed E-state index contributed by atoms with van der Waals surface area (Å²) < 4.78 is 42.5. The smallest absolute Gasteiger partial charge is 0.252 e. The van der Waals surface area contributed by atoms with Crippen molar-refractivity contribution in [3.63, 3.8) is 0 Å². The van der Waals surface area contributed by atoms with Crippen molar-refractivity contribution in [3.8, 4) is 0 Å². The van der Waals surface area contributed by atoms with Crippen LogP contribution in [0.5, 0.6) is 0 Å². The fourth-order valence-corrected chi connectivity index (χ4v) is 2.83. The Morgan fingerprint density at radius 2 is 2.18 bits per heavy atom. The maximum Gasteiger partial charge on any atom is 0.263 e. The van der Waals surface area contributed by atoms with Gasteiger partial charge in [-0.2, -0.15) is 0 Å². The third-order valence-electron chi connectivity index (χ3n) is 1.72. The molecule has 0 unspecified atom stereocenters. The Bertz CT molecular complexity index is 631. The molecule has 1 aromatic carbocycles. The molecule has 0 saturated heterocycles. The number of anilines is 1. The summed E-state index contributed by atoms with van der Waals surface area (Å²) in [6, 6.07) is 3.48. The van der Waals surface area contributed by atoms with Gasteiger partial charge in [0.2, 0.25) is 5.13 Å². The highest BCUT2D eigenvalue weighted by molar-refractivity contribution is 9.10. The van der Waals surface area contributed by atoms with E-state index >= 15 is 0 Å². The fraction of sp³-hybridized carbons (Fsp3) is 0. The molecule has 2 aromatic rings. The van der Waals surface area contributed by atoms with Crippen LogP contribution >= 0.6 is 27.5 Å². The summed E-state index contributed by atoms with van der Waals surface area (Å²) >= 11 is 3.72. The molecule has 2 rings (SSSR count).